The predicted molar refractivity (Wildman–Crippen MR) is 73.8 cm³/mol. The Morgan fingerprint density at radius 2 is 1.78 bits per heavy atom. The minimum absolute atomic E-state index is 0.128. The molecule has 0 aliphatic rings. The van der Waals surface area contributed by atoms with E-state index in [1.54, 1.807) is 0 Å². The molecule has 0 unspecified atom stereocenters. The molecule has 1 rings (SSSR count). The third kappa shape index (κ3) is 7.85. The van der Waals surface area contributed by atoms with E-state index in [9.17, 15) is 4.79 Å². The first-order valence-electron chi connectivity index (χ1n) is 6.46. The molecule has 3 nitrogen and oxygen atoms in total. The summed E-state index contributed by atoms with van der Waals surface area (Å²) in [5.74, 6) is -0.761. The van der Waals surface area contributed by atoms with Crippen LogP contribution < -0.4 is 0 Å². The number of benzene rings is 1. The monoisotopic (exact) mass is 252 g/mol. The Labute approximate surface area is 109 Å². The second-order valence-corrected chi connectivity index (χ2v) is 4.20. The number of aliphatic hydroxyl groups excluding tert-OH is 1. The van der Waals surface area contributed by atoms with Crippen LogP contribution in [-0.4, -0.2) is 23.3 Å². The molecular formula is C15H24O3. The van der Waals surface area contributed by atoms with Crippen molar-refractivity contribution in [2.75, 3.05) is 7.11 Å². The SMILES string of the molecule is CCCCCCc1cccc(CC(=O)O)c1.CO. The van der Waals surface area contributed by atoms with Gasteiger partial charge in [-0.05, 0) is 24.0 Å². The van der Waals surface area contributed by atoms with Crippen LogP contribution in [0.2, 0.25) is 0 Å². The first-order valence-corrected chi connectivity index (χ1v) is 6.46. The molecule has 0 saturated carbocycles. The number of carboxylic acids is 1. The molecule has 0 amide bonds. The van der Waals surface area contributed by atoms with E-state index < -0.39 is 5.97 Å². The summed E-state index contributed by atoms with van der Waals surface area (Å²) >= 11 is 0. The van der Waals surface area contributed by atoms with Crippen molar-refractivity contribution in [3.63, 3.8) is 0 Å². The highest BCUT2D eigenvalue weighted by molar-refractivity contribution is 5.70. The molecule has 0 bridgehead atoms. The van der Waals surface area contributed by atoms with E-state index in [1.807, 2.05) is 18.2 Å². The van der Waals surface area contributed by atoms with E-state index in [-0.39, 0.29) is 6.42 Å². The van der Waals surface area contributed by atoms with Crippen LogP contribution in [0.15, 0.2) is 24.3 Å². The van der Waals surface area contributed by atoms with Crippen molar-refractivity contribution in [3.8, 4) is 0 Å². The lowest BCUT2D eigenvalue weighted by Crippen LogP contribution is -2.00. The minimum atomic E-state index is -0.761. The second kappa shape index (κ2) is 10.8. The van der Waals surface area contributed by atoms with Gasteiger partial charge in [0.25, 0.3) is 0 Å². The summed E-state index contributed by atoms with van der Waals surface area (Å²) in [6.07, 6.45) is 6.19. The smallest absolute Gasteiger partial charge is 0.307 e. The zero-order valence-corrected chi connectivity index (χ0v) is 11.4. The number of rotatable bonds is 7. The molecule has 18 heavy (non-hydrogen) atoms. The number of hydrogen-bond donors (Lipinski definition) is 2. The predicted octanol–water partition coefficient (Wildman–Crippen LogP) is 3.05. The largest absolute Gasteiger partial charge is 0.481 e. The summed E-state index contributed by atoms with van der Waals surface area (Å²) in [4.78, 5) is 10.6. The number of aryl methyl sites for hydroxylation is 1. The van der Waals surface area contributed by atoms with Crippen molar-refractivity contribution in [3.05, 3.63) is 35.4 Å². The van der Waals surface area contributed by atoms with Gasteiger partial charge in [-0.25, -0.2) is 0 Å². The molecule has 0 saturated heterocycles. The number of unbranched alkanes of at least 4 members (excludes halogenated alkanes) is 3. The third-order valence-electron chi connectivity index (χ3n) is 2.67. The van der Waals surface area contributed by atoms with Crippen molar-refractivity contribution in [2.24, 2.45) is 0 Å². The number of aliphatic hydroxyl groups is 1. The fourth-order valence-corrected chi connectivity index (χ4v) is 1.83. The average molecular weight is 252 g/mol. The molecule has 0 radical (unpaired) electrons. The quantitative estimate of drug-likeness (QED) is 0.733. The summed E-state index contributed by atoms with van der Waals surface area (Å²) in [6, 6.07) is 7.93. The Bertz CT molecular complexity index is 334. The van der Waals surface area contributed by atoms with Crippen molar-refractivity contribution in [2.45, 2.75) is 45.4 Å². The number of carbonyl (C=O) groups is 1. The maximum absolute atomic E-state index is 10.6. The van der Waals surface area contributed by atoms with Crippen LogP contribution in [0, 0.1) is 0 Å². The molecule has 0 heterocycles. The van der Waals surface area contributed by atoms with Gasteiger partial charge in [0.1, 0.15) is 0 Å². The van der Waals surface area contributed by atoms with Crippen LogP contribution >= 0.6 is 0 Å². The Morgan fingerprint density at radius 1 is 1.11 bits per heavy atom. The van der Waals surface area contributed by atoms with Gasteiger partial charge < -0.3 is 10.2 Å². The lowest BCUT2D eigenvalue weighted by Gasteiger charge is -2.03. The van der Waals surface area contributed by atoms with E-state index in [2.05, 4.69) is 13.0 Å². The van der Waals surface area contributed by atoms with Gasteiger partial charge in [-0.15, -0.1) is 0 Å². The normalized spacial score (nSPS) is 9.50. The highest BCUT2D eigenvalue weighted by Crippen LogP contribution is 2.10. The van der Waals surface area contributed by atoms with E-state index in [0.29, 0.717) is 0 Å². The first-order chi connectivity index (χ1) is 8.72. The van der Waals surface area contributed by atoms with Gasteiger partial charge in [-0.2, -0.15) is 0 Å². The zero-order valence-electron chi connectivity index (χ0n) is 11.4. The van der Waals surface area contributed by atoms with Crippen LogP contribution in [0.25, 0.3) is 0 Å². The summed E-state index contributed by atoms with van der Waals surface area (Å²) in [6.45, 7) is 2.20. The van der Waals surface area contributed by atoms with Crippen LogP contribution in [0.4, 0.5) is 0 Å². The van der Waals surface area contributed by atoms with Crippen molar-refractivity contribution in [1.29, 1.82) is 0 Å². The van der Waals surface area contributed by atoms with Gasteiger partial charge in [0.15, 0.2) is 0 Å². The van der Waals surface area contributed by atoms with Crippen LogP contribution in [0.5, 0.6) is 0 Å². The fraction of sp³-hybridized carbons (Fsp3) is 0.533. The van der Waals surface area contributed by atoms with Crippen LogP contribution in [-0.2, 0) is 17.6 Å². The summed E-state index contributed by atoms with van der Waals surface area (Å²) < 4.78 is 0. The highest BCUT2D eigenvalue weighted by Gasteiger charge is 2.01. The van der Waals surface area contributed by atoms with E-state index in [4.69, 9.17) is 10.2 Å². The van der Waals surface area contributed by atoms with Gasteiger partial charge in [0.05, 0.1) is 6.42 Å². The molecule has 0 aliphatic carbocycles. The Balaban J connectivity index is 0.00000137. The molecule has 0 spiro atoms. The Kier molecular flexibility index (Phi) is 9.97. The van der Waals surface area contributed by atoms with E-state index >= 15 is 0 Å². The summed E-state index contributed by atoms with van der Waals surface area (Å²) in [7, 11) is 1.00. The standard InChI is InChI=1S/C14H20O2.CH4O/c1-2-3-4-5-7-12-8-6-9-13(10-12)11-14(15)16;1-2/h6,8-10H,2-5,7,11H2,1H3,(H,15,16);2H,1H3. The Morgan fingerprint density at radius 3 is 2.39 bits per heavy atom. The topological polar surface area (TPSA) is 57.5 Å². The molecule has 1 aromatic carbocycles. The molecule has 0 aliphatic heterocycles. The molecule has 1 aromatic rings. The third-order valence-corrected chi connectivity index (χ3v) is 2.67. The first kappa shape index (κ1) is 16.6. The number of carboxylic acid groups (broad SMARTS) is 1. The summed E-state index contributed by atoms with van der Waals surface area (Å²) in [5.41, 5.74) is 2.16. The van der Waals surface area contributed by atoms with Crippen molar-refractivity contribution in [1.82, 2.24) is 0 Å². The van der Waals surface area contributed by atoms with E-state index in [0.717, 1.165) is 19.1 Å². The molecule has 3 heteroatoms. The molecule has 102 valence electrons. The van der Waals surface area contributed by atoms with Gasteiger partial charge in [0, 0.05) is 7.11 Å². The summed E-state index contributed by atoms with van der Waals surface area (Å²) in [5, 5.41) is 15.7. The van der Waals surface area contributed by atoms with E-state index in [1.165, 1.54) is 31.2 Å². The highest BCUT2D eigenvalue weighted by atomic mass is 16.4. The lowest BCUT2D eigenvalue weighted by atomic mass is 10.0. The van der Waals surface area contributed by atoms with Gasteiger partial charge >= 0.3 is 5.97 Å². The maximum atomic E-state index is 10.6. The van der Waals surface area contributed by atoms with Gasteiger partial charge in [-0.3, -0.25) is 4.79 Å². The lowest BCUT2D eigenvalue weighted by molar-refractivity contribution is -0.136. The minimum Gasteiger partial charge on any atom is -0.481 e. The van der Waals surface area contributed by atoms with Gasteiger partial charge in [-0.1, -0.05) is 50.5 Å². The second-order valence-electron chi connectivity index (χ2n) is 4.20. The fourth-order valence-electron chi connectivity index (χ4n) is 1.83. The van der Waals surface area contributed by atoms with Crippen LogP contribution in [0.3, 0.4) is 0 Å². The van der Waals surface area contributed by atoms with Crippen LogP contribution in [0.1, 0.15) is 43.7 Å². The molecule has 0 aromatic heterocycles. The van der Waals surface area contributed by atoms with Crippen molar-refractivity contribution < 1.29 is 15.0 Å². The zero-order chi connectivity index (χ0) is 13.8. The molecular weight excluding hydrogens is 228 g/mol. The van der Waals surface area contributed by atoms with Crippen molar-refractivity contribution >= 4 is 5.97 Å². The number of aliphatic carboxylic acids is 1. The molecule has 0 atom stereocenters. The maximum Gasteiger partial charge on any atom is 0.307 e. The molecule has 2 N–H and O–H groups in total. The average Bonchev–Trinajstić information content (AvgIpc) is 2.37. The molecule has 0 fully saturated rings. The van der Waals surface area contributed by atoms with Gasteiger partial charge in [0.2, 0.25) is 0 Å². The Hall–Kier alpha value is -1.35. The number of hydrogen-bond acceptors (Lipinski definition) is 2.